The van der Waals surface area contributed by atoms with Gasteiger partial charge in [-0.15, -0.1) is 0 Å². The number of carboxylic acid groups (broad SMARTS) is 1. The molecule has 0 fully saturated rings. The minimum Gasteiger partial charge on any atom is -0.494 e. The number of hydrogen-bond acceptors (Lipinski definition) is 5. The molecule has 1 aliphatic rings. The first-order valence-electron chi connectivity index (χ1n) is 12.4. The first kappa shape index (κ1) is 24.2. The first-order chi connectivity index (χ1) is 18.1. The smallest absolute Gasteiger partial charge is 0.359 e. The minimum atomic E-state index is -0.836. The summed E-state index contributed by atoms with van der Waals surface area (Å²) in [6.45, 7) is 0.328. The van der Waals surface area contributed by atoms with E-state index in [-0.39, 0.29) is 12.3 Å². The quantitative estimate of drug-likeness (QED) is 0.248. The molecule has 1 aliphatic heterocycles. The van der Waals surface area contributed by atoms with Gasteiger partial charge in [0, 0.05) is 24.8 Å². The molecule has 1 unspecified atom stereocenters. The Balaban J connectivity index is 1.38. The Kier molecular flexibility index (Phi) is 7.21. The zero-order valence-corrected chi connectivity index (χ0v) is 20.3. The Morgan fingerprint density at radius 1 is 0.973 bits per heavy atom. The number of anilines is 1. The summed E-state index contributed by atoms with van der Waals surface area (Å²) < 4.78 is 7.42. The van der Waals surface area contributed by atoms with Crippen molar-refractivity contribution in [1.29, 1.82) is 0 Å². The average molecular weight is 495 g/mol. The maximum atomic E-state index is 13.5. The summed E-state index contributed by atoms with van der Waals surface area (Å²) in [7, 11) is 0. The highest BCUT2D eigenvalue weighted by Gasteiger charge is 2.41. The molecular formula is C30H28N3O4+. The Morgan fingerprint density at radius 2 is 1.70 bits per heavy atom. The molecule has 2 N–H and O–H groups in total. The standard InChI is InChI=1S/C30H27N3O4/c34-28(35)15-8-16-37-24-14-7-11-22(17-24)19-26-30(36)33-20-27(23-12-5-2-6-13-23)31-25(29(33)32-26)18-21-9-3-1-4-10-21/h1-7,9-14,17,20,26H,8,15-16,18-19H2,(H,34,35)/p+1. The molecule has 0 saturated carbocycles. The third kappa shape index (κ3) is 5.83. The van der Waals surface area contributed by atoms with Crippen LogP contribution in [0, 0.1) is 0 Å². The first-order valence-corrected chi connectivity index (χ1v) is 12.4. The normalized spacial score (nSPS) is 14.2. The molecule has 0 amide bonds. The van der Waals surface area contributed by atoms with Gasteiger partial charge in [0.25, 0.3) is 0 Å². The van der Waals surface area contributed by atoms with Crippen LogP contribution >= 0.6 is 0 Å². The van der Waals surface area contributed by atoms with Gasteiger partial charge in [0.15, 0.2) is 6.04 Å². The van der Waals surface area contributed by atoms with Crippen LogP contribution in [-0.4, -0.2) is 34.6 Å². The van der Waals surface area contributed by atoms with Gasteiger partial charge in [-0.2, -0.15) is 4.57 Å². The van der Waals surface area contributed by atoms with Crippen LogP contribution in [0.4, 0.5) is 5.82 Å². The number of benzene rings is 3. The van der Waals surface area contributed by atoms with E-state index in [1.807, 2.05) is 79.0 Å². The van der Waals surface area contributed by atoms with Crippen LogP contribution in [-0.2, 0) is 17.6 Å². The topological polar surface area (TPSA) is 92.4 Å². The third-order valence-electron chi connectivity index (χ3n) is 6.29. The Hall–Kier alpha value is -4.52. The van der Waals surface area contributed by atoms with Gasteiger partial charge in [-0.25, -0.2) is 9.78 Å². The van der Waals surface area contributed by atoms with E-state index in [0.717, 1.165) is 33.9 Å². The van der Waals surface area contributed by atoms with Gasteiger partial charge in [0.05, 0.1) is 6.61 Å². The number of hydrogen-bond donors (Lipinski definition) is 2. The molecule has 3 aromatic carbocycles. The molecule has 7 heteroatoms. The molecule has 1 atom stereocenters. The van der Waals surface area contributed by atoms with Gasteiger partial charge >= 0.3 is 17.7 Å². The SMILES string of the molecule is O=C(O)CCCOc1cccc(CC2Nc3c(Cc4ccccc4)nc(-c4ccccc4)c[n+]3C2=O)c1. The minimum absolute atomic E-state index is 0.0309. The molecule has 2 heterocycles. The highest BCUT2D eigenvalue weighted by Crippen LogP contribution is 2.25. The molecule has 1 aromatic heterocycles. The van der Waals surface area contributed by atoms with Crippen molar-refractivity contribution in [3.05, 3.63) is 108 Å². The number of carbonyl (C=O) groups excluding carboxylic acids is 1. The molecule has 7 nitrogen and oxygen atoms in total. The molecule has 0 saturated heterocycles. The summed E-state index contributed by atoms with van der Waals surface area (Å²) in [6.07, 6.45) is 3.41. The third-order valence-corrected chi connectivity index (χ3v) is 6.29. The molecule has 5 rings (SSSR count). The van der Waals surface area contributed by atoms with Crippen molar-refractivity contribution in [3.63, 3.8) is 0 Å². The van der Waals surface area contributed by atoms with Crippen molar-refractivity contribution < 1.29 is 24.0 Å². The van der Waals surface area contributed by atoms with E-state index in [2.05, 4.69) is 17.4 Å². The molecule has 0 aliphatic carbocycles. The second-order valence-electron chi connectivity index (χ2n) is 9.05. The predicted molar refractivity (Wildman–Crippen MR) is 140 cm³/mol. The number of aliphatic carboxylic acids is 1. The van der Waals surface area contributed by atoms with E-state index in [1.54, 1.807) is 4.57 Å². The van der Waals surface area contributed by atoms with Gasteiger partial charge in [-0.1, -0.05) is 72.8 Å². The van der Waals surface area contributed by atoms with Crippen molar-refractivity contribution in [2.75, 3.05) is 11.9 Å². The zero-order chi connectivity index (χ0) is 25.6. The number of ether oxygens (including phenoxy) is 1. The monoisotopic (exact) mass is 494 g/mol. The van der Waals surface area contributed by atoms with Crippen LogP contribution in [0.25, 0.3) is 11.3 Å². The second kappa shape index (κ2) is 11.0. The highest BCUT2D eigenvalue weighted by molar-refractivity contribution is 5.82. The maximum absolute atomic E-state index is 13.5. The van der Waals surface area contributed by atoms with Crippen LogP contribution in [0.2, 0.25) is 0 Å². The fourth-order valence-corrected chi connectivity index (χ4v) is 4.48. The van der Waals surface area contributed by atoms with Crippen LogP contribution in [0.5, 0.6) is 5.75 Å². The van der Waals surface area contributed by atoms with Crippen LogP contribution in [0.15, 0.2) is 91.1 Å². The number of aromatic nitrogens is 2. The van der Waals surface area contributed by atoms with Crippen molar-refractivity contribution in [2.24, 2.45) is 0 Å². The van der Waals surface area contributed by atoms with E-state index in [1.165, 1.54) is 0 Å². The van der Waals surface area contributed by atoms with Gasteiger partial charge < -0.3 is 9.84 Å². The Morgan fingerprint density at radius 3 is 2.46 bits per heavy atom. The van der Waals surface area contributed by atoms with Crippen molar-refractivity contribution >= 4 is 17.7 Å². The molecular weight excluding hydrogens is 466 g/mol. The Bertz CT molecular complexity index is 1410. The summed E-state index contributed by atoms with van der Waals surface area (Å²) in [5.74, 6) is 0.518. The van der Waals surface area contributed by atoms with E-state index in [0.29, 0.717) is 31.6 Å². The van der Waals surface area contributed by atoms with Gasteiger partial charge in [-0.3, -0.25) is 10.1 Å². The number of carboxylic acids is 1. The van der Waals surface area contributed by atoms with Crippen molar-refractivity contribution in [2.45, 2.75) is 31.7 Å². The van der Waals surface area contributed by atoms with Crippen molar-refractivity contribution in [1.82, 2.24) is 4.98 Å². The lowest BCUT2D eigenvalue weighted by Crippen LogP contribution is -2.44. The zero-order valence-electron chi connectivity index (χ0n) is 20.3. The molecule has 0 spiro atoms. The van der Waals surface area contributed by atoms with E-state index in [4.69, 9.17) is 14.8 Å². The fourth-order valence-electron chi connectivity index (χ4n) is 4.48. The molecule has 37 heavy (non-hydrogen) atoms. The van der Waals surface area contributed by atoms with Gasteiger partial charge in [0.2, 0.25) is 0 Å². The van der Waals surface area contributed by atoms with Crippen LogP contribution in [0.1, 0.15) is 34.5 Å². The summed E-state index contributed by atoms with van der Waals surface area (Å²) in [4.78, 5) is 29.2. The average Bonchev–Trinajstić information content (AvgIpc) is 3.23. The maximum Gasteiger partial charge on any atom is 0.359 e. The molecule has 4 aromatic rings. The van der Waals surface area contributed by atoms with Crippen LogP contribution in [0.3, 0.4) is 0 Å². The van der Waals surface area contributed by atoms with Gasteiger partial charge in [-0.05, 0) is 29.7 Å². The largest absolute Gasteiger partial charge is 0.494 e. The predicted octanol–water partition coefficient (Wildman–Crippen LogP) is 4.55. The van der Waals surface area contributed by atoms with E-state index in [9.17, 15) is 9.59 Å². The lowest BCUT2D eigenvalue weighted by atomic mass is 10.1. The lowest BCUT2D eigenvalue weighted by Gasteiger charge is -2.08. The summed E-state index contributed by atoms with van der Waals surface area (Å²) in [6, 6.07) is 27.1. The molecule has 0 bridgehead atoms. The van der Waals surface area contributed by atoms with E-state index >= 15 is 0 Å². The summed E-state index contributed by atoms with van der Waals surface area (Å²) >= 11 is 0. The second-order valence-corrected chi connectivity index (χ2v) is 9.05. The lowest BCUT2D eigenvalue weighted by molar-refractivity contribution is -0.552. The molecule has 186 valence electrons. The van der Waals surface area contributed by atoms with Gasteiger partial charge in [0.1, 0.15) is 23.3 Å². The van der Waals surface area contributed by atoms with E-state index < -0.39 is 12.0 Å². The number of nitrogens with one attached hydrogen (secondary N) is 1. The summed E-state index contributed by atoms with van der Waals surface area (Å²) in [5, 5.41) is 12.2. The fraction of sp³-hybridized carbons (Fsp3) is 0.200. The number of nitrogens with zero attached hydrogens (tertiary/aromatic N) is 2. The highest BCUT2D eigenvalue weighted by atomic mass is 16.5. The number of rotatable bonds is 10. The Labute approximate surface area is 215 Å². The number of fused-ring (bicyclic) bond motifs is 1. The molecule has 0 radical (unpaired) electrons. The summed E-state index contributed by atoms with van der Waals surface area (Å²) in [5.41, 5.74) is 4.60. The van der Waals surface area contributed by atoms with Crippen molar-refractivity contribution in [3.8, 4) is 17.0 Å². The number of carbonyl (C=O) groups is 2. The van der Waals surface area contributed by atoms with Crippen LogP contribution < -0.4 is 14.6 Å².